The smallest absolute Gasteiger partial charge is 0.455 e. The van der Waals surface area contributed by atoms with Crippen LogP contribution in [0.4, 0.5) is 13.2 Å². The van der Waals surface area contributed by atoms with Gasteiger partial charge in [-0.15, -0.1) is 11.3 Å². The lowest BCUT2D eigenvalue weighted by atomic mass is 9.65. The molecule has 2 bridgehead atoms. The maximum atomic E-state index is 13.4. The zero-order valence-electron chi connectivity index (χ0n) is 17.8. The second-order valence-corrected chi connectivity index (χ2v) is 10.3. The molecule has 6 rings (SSSR count). The summed E-state index contributed by atoms with van der Waals surface area (Å²) in [6.45, 7) is 0. The normalized spacial score (nSPS) is 22.9. The number of aromatic nitrogens is 2. The van der Waals surface area contributed by atoms with E-state index in [1.165, 1.54) is 11.3 Å². The maximum Gasteiger partial charge on any atom is 0.455 e. The molecule has 4 aliphatic rings. The molecule has 0 unspecified atom stereocenters. The minimum Gasteiger partial charge on any atom is -0.478 e. The summed E-state index contributed by atoms with van der Waals surface area (Å²) in [5.74, 6) is -3.02. The van der Waals surface area contributed by atoms with Crippen LogP contribution in [-0.4, -0.2) is 27.0 Å². The molecule has 1 fully saturated rings. The Hall–Kier alpha value is -2.49. The van der Waals surface area contributed by atoms with Gasteiger partial charge in [-0.25, -0.2) is 4.79 Å². The number of carbonyl (C=O) groups is 2. The first-order valence-electron chi connectivity index (χ1n) is 11.3. The van der Waals surface area contributed by atoms with Gasteiger partial charge < -0.3 is 9.63 Å². The molecule has 176 valence electrons. The van der Waals surface area contributed by atoms with Gasteiger partial charge in [0, 0.05) is 27.3 Å². The zero-order chi connectivity index (χ0) is 23.3. The van der Waals surface area contributed by atoms with Crippen molar-refractivity contribution < 1.29 is 32.4 Å². The van der Waals surface area contributed by atoms with Crippen LogP contribution in [0.5, 0.6) is 0 Å². The molecule has 2 aromatic rings. The van der Waals surface area contributed by atoms with Crippen LogP contribution in [-0.2, 0) is 35.0 Å². The molecule has 10 heteroatoms. The number of hydrogen-bond acceptors (Lipinski definition) is 6. The van der Waals surface area contributed by atoms with E-state index in [-0.39, 0.29) is 35.5 Å². The Morgan fingerprint density at radius 3 is 2.33 bits per heavy atom. The second-order valence-electron chi connectivity index (χ2n) is 9.06. The van der Waals surface area contributed by atoms with Crippen molar-refractivity contribution in [3.8, 4) is 11.5 Å². The third-order valence-corrected chi connectivity index (χ3v) is 8.37. The monoisotopic (exact) mass is 480 g/mol. The number of aryl methyl sites for hydroxylation is 1. The van der Waals surface area contributed by atoms with Crippen LogP contribution in [0.2, 0.25) is 0 Å². The number of rotatable bonds is 5. The van der Waals surface area contributed by atoms with E-state index in [2.05, 4.69) is 10.1 Å². The van der Waals surface area contributed by atoms with Crippen molar-refractivity contribution in [2.24, 2.45) is 11.8 Å². The van der Waals surface area contributed by atoms with Crippen LogP contribution >= 0.6 is 11.3 Å². The SMILES string of the molecule is O=C(O)C1=C(C(=O)Cc2sc3c(c2-c2nc(C(F)(F)F)no2)CCCCC3)C2CCC1CC2. The molecule has 6 nitrogen and oxygen atoms in total. The van der Waals surface area contributed by atoms with Crippen LogP contribution in [0.3, 0.4) is 0 Å². The number of carboxylic acid groups (broad SMARTS) is 1. The van der Waals surface area contributed by atoms with Crippen molar-refractivity contribution in [1.29, 1.82) is 0 Å². The number of hydrogen-bond donors (Lipinski definition) is 1. The van der Waals surface area contributed by atoms with E-state index in [0.717, 1.165) is 61.8 Å². The molecule has 0 atom stereocenters. The third-order valence-electron chi connectivity index (χ3n) is 7.07. The predicted molar refractivity (Wildman–Crippen MR) is 113 cm³/mol. The topological polar surface area (TPSA) is 93.3 Å². The van der Waals surface area contributed by atoms with Crippen molar-refractivity contribution in [1.82, 2.24) is 10.1 Å². The van der Waals surface area contributed by atoms with Crippen LogP contribution in [0, 0.1) is 11.8 Å². The van der Waals surface area contributed by atoms with Gasteiger partial charge in [0.1, 0.15) is 0 Å². The number of carboxylic acids is 1. The van der Waals surface area contributed by atoms with E-state index in [0.29, 0.717) is 22.4 Å². The standard InChI is InChI=1S/C23H23F3N2O4S/c24-23(25,26)22-27-20(32-28-22)19-13-4-2-1-3-5-15(13)33-16(19)10-14(29)17-11-6-8-12(9-7-11)18(17)21(30)31/h11-12H,1-10H2,(H,30,31). The summed E-state index contributed by atoms with van der Waals surface area (Å²) in [5, 5.41) is 12.9. The summed E-state index contributed by atoms with van der Waals surface area (Å²) in [6.07, 6.45) is 2.71. The largest absolute Gasteiger partial charge is 0.478 e. The number of alkyl halides is 3. The number of Topliss-reactive ketones (excluding diaryl/α,β-unsaturated/α-hetero) is 1. The number of fused-ring (bicyclic) bond motifs is 3. The molecule has 4 aliphatic carbocycles. The van der Waals surface area contributed by atoms with Gasteiger partial charge in [0.15, 0.2) is 5.78 Å². The van der Waals surface area contributed by atoms with Crippen molar-refractivity contribution in [3.05, 3.63) is 32.3 Å². The van der Waals surface area contributed by atoms with Gasteiger partial charge in [0.05, 0.1) is 5.56 Å². The molecule has 2 aromatic heterocycles. The molecule has 0 saturated heterocycles. The number of carbonyl (C=O) groups excluding carboxylic acids is 1. The third kappa shape index (κ3) is 4.02. The molecular weight excluding hydrogens is 457 g/mol. The fourth-order valence-corrected chi connectivity index (χ4v) is 7.02. The summed E-state index contributed by atoms with van der Waals surface area (Å²) >= 11 is 1.41. The molecule has 0 aliphatic heterocycles. The van der Waals surface area contributed by atoms with Crippen molar-refractivity contribution in [3.63, 3.8) is 0 Å². The summed E-state index contributed by atoms with van der Waals surface area (Å²) in [7, 11) is 0. The first-order valence-corrected chi connectivity index (χ1v) is 12.1. The second kappa shape index (κ2) is 8.38. The van der Waals surface area contributed by atoms with Crippen LogP contribution in [0.1, 0.15) is 66.1 Å². The molecule has 1 saturated carbocycles. The van der Waals surface area contributed by atoms with Gasteiger partial charge in [-0.1, -0.05) is 11.6 Å². The molecule has 0 spiro atoms. The highest BCUT2D eigenvalue weighted by Crippen LogP contribution is 2.47. The molecule has 33 heavy (non-hydrogen) atoms. The summed E-state index contributed by atoms with van der Waals surface area (Å²) in [4.78, 5) is 30.6. The minimum atomic E-state index is -4.73. The van der Waals surface area contributed by atoms with Gasteiger partial charge in [0.25, 0.3) is 11.7 Å². The molecular formula is C23H23F3N2O4S. The Labute approximate surface area is 191 Å². The maximum absolute atomic E-state index is 13.4. The average molecular weight is 481 g/mol. The Kier molecular flexibility index (Phi) is 5.66. The highest BCUT2D eigenvalue weighted by Gasteiger charge is 2.42. The number of aliphatic carboxylic acids is 1. The van der Waals surface area contributed by atoms with Crippen molar-refractivity contribution in [2.45, 2.75) is 70.4 Å². The number of ketones is 1. The molecule has 1 N–H and O–H groups in total. The average Bonchev–Trinajstić information content (AvgIpc) is 3.32. The summed E-state index contributed by atoms with van der Waals surface area (Å²) in [6, 6.07) is 0. The van der Waals surface area contributed by atoms with Crippen LogP contribution in [0.15, 0.2) is 15.7 Å². The quantitative estimate of drug-likeness (QED) is 0.576. The van der Waals surface area contributed by atoms with Gasteiger partial charge in [-0.2, -0.15) is 18.2 Å². The fourth-order valence-electron chi connectivity index (χ4n) is 5.63. The molecule has 0 aromatic carbocycles. The number of halogens is 3. The van der Waals surface area contributed by atoms with E-state index >= 15 is 0 Å². The van der Waals surface area contributed by atoms with Crippen molar-refractivity contribution >= 4 is 23.1 Å². The van der Waals surface area contributed by atoms with E-state index in [1.54, 1.807) is 0 Å². The summed E-state index contributed by atoms with van der Waals surface area (Å²) < 4.78 is 44.3. The van der Waals surface area contributed by atoms with Gasteiger partial charge >= 0.3 is 12.1 Å². The lowest BCUT2D eigenvalue weighted by Crippen LogP contribution is -2.34. The van der Waals surface area contributed by atoms with Crippen molar-refractivity contribution in [2.75, 3.05) is 0 Å². The summed E-state index contributed by atoms with van der Waals surface area (Å²) in [5.41, 5.74) is 1.96. The first-order chi connectivity index (χ1) is 15.7. The highest BCUT2D eigenvalue weighted by atomic mass is 32.1. The Morgan fingerprint density at radius 1 is 1.03 bits per heavy atom. The lowest BCUT2D eigenvalue weighted by molar-refractivity contribution is -0.146. The number of thiophene rings is 1. The van der Waals surface area contributed by atoms with Crippen LogP contribution < -0.4 is 0 Å². The number of nitrogens with zero attached hydrogens (tertiary/aromatic N) is 2. The van der Waals surface area contributed by atoms with Crippen LogP contribution in [0.25, 0.3) is 11.5 Å². The van der Waals surface area contributed by atoms with Gasteiger partial charge in [0.2, 0.25) is 0 Å². The van der Waals surface area contributed by atoms with Gasteiger partial charge in [-0.3, -0.25) is 4.79 Å². The molecule has 2 heterocycles. The first kappa shape index (κ1) is 22.3. The Morgan fingerprint density at radius 2 is 1.70 bits per heavy atom. The minimum absolute atomic E-state index is 0.0601. The zero-order valence-corrected chi connectivity index (χ0v) is 18.7. The number of allylic oxidation sites excluding steroid dienone is 1. The molecule has 0 radical (unpaired) electrons. The Balaban J connectivity index is 1.56. The molecule has 0 amide bonds. The fraction of sp³-hybridized carbons (Fsp3) is 0.565. The lowest BCUT2D eigenvalue weighted by Gasteiger charge is -2.38. The van der Waals surface area contributed by atoms with E-state index in [9.17, 15) is 27.9 Å². The highest BCUT2D eigenvalue weighted by molar-refractivity contribution is 7.12. The van der Waals surface area contributed by atoms with E-state index < -0.39 is 18.0 Å². The van der Waals surface area contributed by atoms with E-state index in [1.807, 2.05) is 0 Å². The Bertz CT molecular complexity index is 1140. The predicted octanol–water partition coefficient (Wildman–Crippen LogP) is 5.40. The van der Waals surface area contributed by atoms with Gasteiger partial charge in [-0.05, 0) is 68.8 Å². The van der Waals surface area contributed by atoms with E-state index in [4.69, 9.17) is 4.52 Å².